The van der Waals surface area contributed by atoms with Crippen molar-refractivity contribution in [2.75, 3.05) is 0 Å². The van der Waals surface area contributed by atoms with Crippen LogP contribution in [0.3, 0.4) is 0 Å². The van der Waals surface area contributed by atoms with Crippen LogP contribution in [0, 0.1) is 0 Å². The molecule has 0 saturated carbocycles. The molecule has 0 aliphatic carbocycles. The third kappa shape index (κ3) is 4.91. The van der Waals surface area contributed by atoms with E-state index >= 15 is 0 Å². The molecule has 0 saturated heterocycles. The van der Waals surface area contributed by atoms with E-state index in [4.69, 9.17) is 0 Å². The molecule has 8 heavy (non-hydrogen) atoms. The zero-order valence-corrected chi connectivity index (χ0v) is 8.92. The average Bonchev–Trinajstić information content (AvgIpc) is 1.72. The zero-order chi connectivity index (χ0) is 5.70. The molecule has 1 N–H and O–H groups in total. The Bertz CT molecular complexity index is 30.0. The van der Waals surface area contributed by atoms with Gasteiger partial charge in [0.1, 0.15) is 0 Å². The van der Waals surface area contributed by atoms with Crippen molar-refractivity contribution in [2.24, 2.45) is 0 Å². The van der Waals surface area contributed by atoms with Crippen molar-refractivity contribution in [1.82, 2.24) is 0 Å². The van der Waals surface area contributed by atoms with Crippen LogP contribution in [0.15, 0.2) is 0 Å². The number of hydrogen-bond acceptors (Lipinski definition) is 1. The summed E-state index contributed by atoms with van der Waals surface area (Å²) in [5.74, 6) is 0. The van der Waals surface area contributed by atoms with Gasteiger partial charge in [-0.1, -0.05) is 0 Å². The van der Waals surface area contributed by atoms with Crippen molar-refractivity contribution in [2.45, 2.75) is 34.1 Å². The Balaban J connectivity index is 0. The Labute approximate surface area is 59.5 Å². The summed E-state index contributed by atoms with van der Waals surface area (Å²) >= 11 is -0.653. The molecule has 0 atom stereocenters. The van der Waals surface area contributed by atoms with Gasteiger partial charge in [-0.2, -0.15) is 0 Å². The summed E-state index contributed by atoms with van der Waals surface area (Å²) in [6, 6.07) is 0. The van der Waals surface area contributed by atoms with Gasteiger partial charge in [0.15, 0.2) is 0 Å². The molecule has 0 rings (SSSR count). The minimum atomic E-state index is -0.653. The second-order valence-electron chi connectivity index (χ2n) is 1.81. The molecule has 2 heteroatoms. The fourth-order valence-electron chi connectivity index (χ4n) is 0.750. The fourth-order valence-corrected chi connectivity index (χ4v) is 5.03. The second kappa shape index (κ2) is 7.76. The summed E-state index contributed by atoms with van der Waals surface area (Å²) in [5.41, 5.74) is 0. The molecule has 0 radical (unpaired) electrons. The molecule has 0 aliphatic rings. The molecule has 0 aromatic rings. The van der Waals surface area contributed by atoms with E-state index in [0.29, 0.717) is 0 Å². The quantitative estimate of drug-likeness (QED) is 0.675. The maximum atomic E-state index is 2.35. The first-order valence-electron chi connectivity index (χ1n) is 3.18. The standard InChI is InChI=1S/3C2H5.H2O.Sn/c3*1-2;;/h3*1H2,2H3;1H2;/q;;;;+1/p-1. The van der Waals surface area contributed by atoms with Gasteiger partial charge in [0.25, 0.3) is 0 Å². The summed E-state index contributed by atoms with van der Waals surface area (Å²) in [6.07, 6.45) is 0. The molecule has 0 unspecified atom stereocenters. The first-order valence-corrected chi connectivity index (χ1v) is 9.24. The molecule has 0 heterocycles. The summed E-state index contributed by atoms with van der Waals surface area (Å²) in [4.78, 5) is 0. The van der Waals surface area contributed by atoms with E-state index in [-0.39, 0.29) is 5.48 Å². The van der Waals surface area contributed by atoms with Crippen LogP contribution >= 0.6 is 0 Å². The van der Waals surface area contributed by atoms with Crippen LogP contribution in [0.1, 0.15) is 20.8 Å². The van der Waals surface area contributed by atoms with Crippen molar-refractivity contribution in [3.63, 3.8) is 0 Å². The monoisotopic (exact) mass is 224 g/mol. The Kier molecular flexibility index (Phi) is 11.2. The van der Waals surface area contributed by atoms with Crippen LogP contribution in [0.25, 0.3) is 0 Å². The van der Waals surface area contributed by atoms with E-state index in [9.17, 15) is 0 Å². The maximum Gasteiger partial charge on any atom is -0.870 e. The van der Waals surface area contributed by atoms with E-state index in [1.165, 1.54) is 0 Å². The van der Waals surface area contributed by atoms with Crippen molar-refractivity contribution in [3.8, 4) is 0 Å². The van der Waals surface area contributed by atoms with Gasteiger partial charge in [0.05, 0.1) is 0 Å². The maximum absolute atomic E-state index is 2.35. The molecule has 0 spiro atoms. The van der Waals surface area contributed by atoms with Crippen molar-refractivity contribution < 1.29 is 5.48 Å². The molecule has 0 aromatic carbocycles. The largest absolute Gasteiger partial charge is 0.870 e. The van der Waals surface area contributed by atoms with Gasteiger partial charge < -0.3 is 5.48 Å². The third-order valence-corrected chi connectivity index (χ3v) is 10.1. The van der Waals surface area contributed by atoms with E-state index in [2.05, 4.69) is 20.8 Å². The minimum Gasteiger partial charge on any atom is -0.870 e. The first kappa shape index (κ1) is 11.5. The zero-order valence-electron chi connectivity index (χ0n) is 6.07. The van der Waals surface area contributed by atoms with Crippen molar-refractivity contribution in [1.29, 1.82) is 0 Å². The summed E-state index contributed by atoms with van der Waals surface area (Å²) in [6.45, 7) is 7.05. The van der Waals surface area contributed by atoms with Crippen LogP contribution in [0.2, 0.25) is 13.3 Å². The van der Waals surface area contributed by atoms with E-state index < -0.39 is 19.8 Å². The average molecular weight is 223 g/mol. The van der Waals surface area contributed by atoms with Gasteiger partial charge in [-0.3, -0.25) is 0 Å². The molecule has 0 fully saturated rings. The van der Waals surface area contributed by atoms with Crippen molar-refractivity contribution >= 4 is 19.8 Å². The Morgan fingerprint density at radius 3 is 1.12 bits per heavy atom. The molecule has 0 aliphatic heterocycles. The number of rotatable bonds is 3. The molecular weight excluding hydrogens is 207 g/mol. The summed E-state index contributed by atoms with van der Waals surface area (Å²) < 4.78 is 4.65. The van der Waals surface area contributed by atoms with Gasteiger partial charge in [0.2, 0.25) is 0 Å². The SMILES string of the molecule is C[CH2][Sn+]([CH2]C)[CH2]C.[OH-]. The minimum absolute atomic E-state index is 0. The topological polar surface area (TPSA) is 30.0 Å². The van der Waals surface area contributed by atoms with Crippen LogP contribution in [-0.2, 0) is 0 Å². The van der Waals surface area contributed by atoms with Gasteiger partial charge in [0, 0.05) is 0 Å². The molecule has 0 aromatic heterocycles. The Morgan fingerprint density at radius 1 is 0.875 bits per heavy atom. The summed E-state index contributed by atoms with van der Waals surface area (Å²) in [5, 5.41) is 0. The van der Waals surface area contributed by atoms with E-state index in [1.54, 1.807) is 13.3 Å². The molecule has 0 amide bonds. The van der Waals surface area contributed by atoms with Crippen LogP contribution in [0.4, 0.5) is 0 Å². The Morgan fingerprint density at radius 2 is 1.12 bits per heavy atom. The first-order chi connectivity index (χ1) is 3.35. The predicted octanol–water partition coefficient (Wildman–Crippen LogP) is 2.36. The van der Waals surface area contributed by atoms with Gasteiger partial charge in [-0.15, -0.1) is 0 Å². The molecule has 0 bridgehead atoms. The predicted molar refractivity (Wildman–Crippen MR) is 39.1 cm³/mol. The Hall–Kier alpha value is 0.759. The van der Waals surface area contributed by atoms with Gasteiger partial charge in [-0.05, 0) is 0 Å². The second-order valence-corrected chi connectivity index (χ2v) is 12.1. The van der Waals surface area contributed by atoms with Crippen LogP contribution in [-0.4, -0.2) is 25.2 Å². The van der Waals surface area contributed by atoms with Crippen LogP contribution < -0.4 is 0 Å². The normalized spacial score (nSPS) is 7.88. The molecular formula is C6H16OSn. The van der Waals surface area contributed by atoms with Gasteiger partial charge in [-0.25, -0.2) is 0 Å². The van der Waals surface area contributed by atoms with Gasteiger partial charge >= 0.3 is 53.8 Å². The van der Waals surface area contributed by atoms with E-state index in [1.807, 2.05) is 0 Å². The summed E-state index contributed by atoms with van der Waals surface area (Å²) in [7, 11) is 0. The van der Waals surface area contributed by atoms with Crippen molar-refractivity contribution in [3.05, 3.63) is 0 Å². The third-order valence-electron chi connectivity index (χ3n) is 1.50. The smallest absolute Gasteiger partial charge is 0.870 e. The van der Waals surface area contributed by atoms with E-state index in [0.717, 1.165) is 0 Å². The van der Waals surface area contributed by atoms with Crippen LogP contribution in [0.5, 0.6) is 0 Å². The fraction of sp³-hybridized carbons (Fsp3) is 1.00. The molecule has 50 valence electrons. The molecule has 1 nitrogen and oxygen atoms in total. The number of hydrogen-bond donors (Lipinski definition) is 0.